The van der Waals surface area contributed by atoms with Gasteiger partial charge in [0, 0.05) is 86.2 Å². The molecule has 2 amide bonds. The van der Waals surface area contributed by atoms with E-state index in [-0.39, 0.29) is 56.2 Å². The molecule has 0 radical (unpaired) electrons. The average Bonchev–Trinajstić information content (AvgIpc) is 3.26. The number of ketones is 4. The number of amides is 2. The normalized spacial score (nSPS) is 26.3. The molecule has 3 aromatic rings. The number of carbonyl (C=O) groups excluding carboxylic acids is 6. The molecule has 4 atom stereocenters. The van der Waals surface area contributed by atoms with Crippen LogP contribution >= 0.6 is 11.6 Å². The molecule has 9 rings (SSSR count). The van der Waals surface area contributed by atoms with E-state index in [2.05, 4.69) is 51.3 Å². The number of likely N-dealkylation sites (N-methyl/N-ethyl adjacent to an activating group) is 2. The molecule has 362 valence electrons. The number of phenolic OH excluding ortho intramolecular Hbond substituents is 1. The number of aromatic hydroxyl groups is 1. The highest BCUT2D eigenvalue weighted by Crippen LogP contribution is 2.57. The highest BCUT2D eigenvalue weighted by Gasteiger charge is 2.58. The van der Waals surface area contributed by atoms with Crippen molar-refractivity contribution in [2.45, 2.75) is 90.9 Å². The van der Waals surface area contributed by atoms with Crippen LogP contribution < -0.4 is 16.2 Å². The van der Waals surface area contributed by atoms with E-state index in [1.54, 1.807) is 40.1 Å². The summed E-state index contributed by atoms with van der Waals surface area (Å²) in [6.07, 6.45) is 5.39. The van der Waals surface area contributed by atoms with Crippen molar-refractivity contribution in [1.29, 1.82) is 0 Å². The van der Waals surface area contributed by atoms with Crippen LogP contribution in [-0.4, -0.2) is 126 Å². The summed E-state index contributed by atoms with van der Waals surface area (Å²) in [5.41, 5.74) is 13.7. The van der Waals surface area contributed by atoms with Crippen LogP contribution in [0.25, 0.3) is 0 Å². The predicted octanol–water partition coefficient (Wildman–Crippen LogP) is 7.97. The van der Waals surface area contributed by atoms with Gasteiger partial charge in [-0.25, -0.2) is 4.79 Å². The van der Waals surface area contributed by atoms with Crippen molar-refractivity contribution >= 4 is 57.6 Å². The third kappa shape index (κ3) is 10.7. The summed E-state index contributed by atoms with van der Waals surface area (Å²) in [7, 11) is 4.06. The summed E-state index contributed by atoms with van der Waals surface area (Å²) in [6.45, 7) is 18.8. The first-order valence-corrected chi connectivity index (χ1v) is 23.8. The molecule has 4 aliphatic carbocycles. The summed E-state index contributed by atoms with van der Waals surface area (Å²) in [5.74, 6) is -1.66. The maximum absolute atomic E-state index is 13.1. The maximum atomic E-state index is 13.1. The van der Waals surface area contributed by atoms with Crippen LogP contribution in [-0.2, 0) is 20.4 Å². The van der Waals surface area contributed by atoms with Crippen molar-refractivity contribution in [2.75, 3.05) is 77.9 Å². The average molecular weight is 942 g/mol. The molecular weight excluding hydrogens is 872 g/mol. The number of nitrogen functional groups attached to an aromatic ring is 2. The van der Waals surface area contributed by atoms with E-state index in [1.165, 1.54) is 6.07 Å². The zero-order chi connectivity index (χ0) is 49.2. The smallest absolute Gasteiger partial charge is 0.415 e. The van der Waals surface area contributed by atoms with E-state index in [0.29, 0.717) is 41.3 Å². The van der Waals surface area contributed by atoms with Gasteiger partial charge in [-0.15, -0.1) is 0 Å². The minimum atomic E-state index is -0.449. The summed E-state index contributed by atoms with van der Waals surface area (Å²) in [4.78, 5) is 81.8. The lowest BCUT2D eigenvalue weighted by Crippen LogP contribution is -2.54. The van der Waals surface area contributed by atoms with Crippen molar-refractivity contribution in [2.24, 2.45) is 22.7 Å². The van der Waals surface area contributed by atoms with Crippen LogP contribution in [0.15, 0.2) is 60.7 Å². The first-order chi connectivity index (χ1) is 31.4. The second-order valence-corrected chi connectivity index (χ2v) is 21.4. The van der Waals surface area contributed by atoms with E-state index < -0.39 is 17.7 Å². The van der Waals surface area contributed by atoms with Crippen molar-refractivity contribution in [3.8, 4) is 11.5 Å². The lowest BCUT2D eigenvalue weighted by Gasteiger charge is -2.52. The van der Waals surface area contributed by atoms with Gasteiger partial charge >= 0.3 is 11.5 Å². The second kappa shape index (κ2) is 20.1. The fourth-order valence-electron chi connectivity index (χ4n) is 11.7. The molecule has 4 fully saturated rings. The van der Waals surface area contributed by atoms with Gasteiger partial charge in [-0.05, 0) is 110 Å². The summed E-state index contributed by atoms with van der Waals surface area (Å²) >= 11 is 5.27. The quantitative estimate of drug-likeness (QED) is 0.0923. The molecule has 6 aliphatic rings. The molecule has 0 bridgehead atoms. The molecule has 3 aromatic carbocycles. The van der Waals surface area contributed by atoms with Crippen molar-refractivity contribution in [3.63, 3.8) is 0 Å². The molecule has 2 heterocycles. The minimum absolute atomic E-state index is 0.0435. The molecule has 5 N–H and O–H groups in total. The Balaban J connectivity index is 0.000000167. The first-order valence-electron chi connectivity index (χ1n) is 23.4. The molecule has 15 heteroatoms. The van der Waals surface area contributed by atoms with E-state index in [1.807, 2.05) is 38.4 Å². The molecule has 2 aliphatic heterocycles. The maximum Gasteiger partial charge on any atom is 0.415 e. The van der Waals surface area contributed by atoms with Crippen LogP contribution in [0.4, 0.5) is 21.0 Å². The number of anilines is 2. The zero-order valence-electron chi connectivity index (χ0n) is 40.5. The molecule has 0 unspecified atom stereocenters. The van der Waals surface area contributed by atoms with E-state index >= 15 is 0 Å². The Morgan fingerprint density at radius 3 is 1.46 bits per heavy atom. The number of piperazine rings is 2. The van der Waals surface area contributed by atoms with Gasteiger partial charge in [0.2, 0.25) is 23.1 Å². The highest BCUT2D eigenvalue weighted by molar-refractivity contribution is 6.62. The standard InChI is InChI=1S/C23H30N2O4.C17H20O3.C6H11ClN2O.C6H8N2/c1-22(2)8-5-9-23(3)17-7-6-15(14-16(17)18(26)19(27)20(22)23)29-21(28)25-12-10-24(4)11-13-25;1-16(2)7-4-8-17(3)12-6-5-10(18)9-11(12)13(19)14(20)15(16)17;1-8-2-4-9(5-3-8)6(7)10;7-5-3-1-2-4-6(5)8/h6-7,14,20H,5,8-13H2,1-4H3;5-6,9,15,18H,4,7-8H2,1-3H3;2-5H2,1H3;1-4H,7-8H2/t20-,23-;15-,17-;;/m11../s1. The van der Waals surface area contributed by atoms with Crippen LogP contribution in [0.1, 0.15) is 112 Å². The van der Waals surface area contributed by atoms with E-state index in [9.17, 15) is 33.9 Å². The number of hydrogen-bond donors (Lipinski definition) is 3. The highest BCUT2D eigenvalue weighted by atomic mass is 35.5. The van der Waals surface area contributed by atoms with Gasteiger partial charge in [-0.3, -0.25) is 24.0 Å². The third-order valence-corrected chi connectivity index (χ3v) is 15.5. The van der Waals surface area contributed by atoms with Crippen molar-refractivity contribution < 1.29 is 38.6 Å². The van der Waals surface area contributed by atoms with Crippen LogP contribution in [0.2, 0.25) is 0 Å². The van der Waals surface area contributed by atoms with Crippen LogP contribution in [0, 0.1) is 22.7 Å². The van der Waals surface area contributed by atoms with E-state index in [0.717, 1.165) is 88.9 Å². The number of phenols is 1. The Bertz CT molecular complexity index is 2370. The predicted molar refractivity (Wildman–Crippen MR) is 261 cm³/mol. The number of halogens is 1. The van der Waals surface area contributed by atoms with Gasteiger partial charge in [-0.1, -0.05) is 78.6 Å². The van der Waals surface area contributed by atoms with Gasteiger partial charge in [0.25, 0.3) is 0 Å². The Kier molecular flexibility index (Phi) is 15.3. The topological polar surface area (TPSA) is 197 Å². The summed E-state index contributed by atoms with van der Waals surface area (Å²) in [5, 5.41) is 9.29. The minimum Gasteiger partial charge on any atom is -0.508 e. The molecule has 2 saturated heterocycles. The van der Waals surface area contributed by atoms with Gasteiger partial charge in [0.1, 0.15) is 11.5 Å². The largest absolute Gasteiger partial charge is 0.508 e. The number of nitrogens with zero attached hydrogens (tertiary/aromatic N) is 4. The number of carbonyl (C=O) groups is 6. The monoisotopic (exact) mass is 940 g/mol. The number of hydrogen-bond acceptors (Lipinski definition) is 12. The zero-order valence-corrected chi connectivity index (χ0v) is 41.2. The third-order valence-electron chi connectivity index (χ3n) is 15.3. The molecule has 0 aromatic heterocycles. The number of nitrogens with two attached hydrogens (primary N) is 2. The summed E-state index contributed by atoms with van der Waals surface area (Å²) in [6, 6.07) is 17.4. The SMILES string of the molecule is CC1(C)CCC[C@]2(C)c3ccc(O)cc3C(=O)C(=O)[C@H]12.CN1CCN(C(=O)Cl)CC1.CN1CCN(C(=O)Oc2ccc3c(c2)C(=O)C(=O)[C@@H]2C(C)(C)CCC[C@]32C)CC1.Nc1ccccc1N. The molecular formula is C52H69ClN6O8. The fraction of sp³-hybridized carbons (Fsp3) is 0.538. The Labute approximate surface area is 400 Å². The number of rotatable bonds is 1. The fourth-order valence-corrected chi connectivity index (χ4v) is 11.8. The molecule has 67 heavy (non-hydrogen) atoms. The van der Waals surface area contributed by atoms with Gasteiger partial charge in [0.15, 0.2) is 0 Å². The van der Waals surface area contributed by atoms with Crippen LogP contribution in [0.3, 0.4) is 0 Å². The summed E-state index contributed by atoms with van der Waals surface area (Å²) < 4.78 is 5.55. The molecule has 0 spiro atoms. The Hall–Kier alpha value is -5.31. The number of fused-ring (bicyclic) bond motifs is 6. The number of ether oxygens (including phenoxy) is 1. The van der Waals surface area contributed by atoms with E-state index in [4.69, 9.17) is 27.8 Å². The van der Waals surface area contributed by atoms with Crippen molar-refractivity contribution in [3.05, 3.63) is 82.9 Å². The number of benzene rings is 3. The van der Waals surface area contributed by atoms with Gasteiger partial charge < -0.3 is 40.9 Å². The Morgan fingerprint density at radius 2 is 1.03 bits per heavy atom. The second-order valence-electron chi connectivity index (χ2n) is 21.0. The van der Waals surface area contributed by atoms with Gasteiger partial charge in [0.05, 0.1) is 11.4 Å². The van der Waals surface area contributed by atoms with Gasteiger partial charge in [-0.2, -0.15) is 0 Å². The first kappa shape index (κ1) is 51.1. The number of Topliss-reactive ketones (excluding diaryl/α,β-unsaturated/α-hetero) is 4. The molecule has 14 nitrogen and oxygen atoms in total. The Morgan fingerprint density at radius 1 is 0.612 bits per heavy atom. The lowest BCUT2D eigenvalue weighted by atomic mass is 9.50. The molecule has 2 saturated carbocycles. The lowest BCUT2D eigenvalue weighted by molar-refractivity contribution is -0.129. The van der Waals surface area contributed by atoms with Crippen LogP contribution in [0.5, 0.6) is 11.5 Å². The number of para-hydroxylation sites is 2. The van der Waals surface area contributed by atoms with Crippen molar-refractivity contribution in [1.82, 2.24) is 19.6 Å².